The normalized spacial score (nSPS) is 9.00. The van der Waals surface area contributed by atoms with Gasteiger partial charge in [-0.2, -0.15) is 19.8 Å². The molecule has 0 saturated heterocycles. The van der Waals surface area contributed by atoms with Gasteiger partial charge >= 0.3 is 20.4 Å². The molecule has 1 aromatic rings. The Hall–Kier alpha value is 0.652. The molecule has 0 heterocycles. The average molecular weight is 347 g/mol. The second-order valence-corrected chi connectivity index (χ2v) is 3.65. The van der Waals surface area contributed by atoms with Gasteiger partial charge in [-0.15, -0.1) is 0 Å². The van der Waals surface area contributed by atoms with Crippen molar-refractivity contribution < 1.29 is 33.4 Å². The predicted octanol–water partition coefficient (Wildman–Crippen LogP) is 0.745. The van der Waals surface area contributed by atoms with Crippen molar-refractivity contribution in [1.29, 1.82) is 0 Å². The number of rotatable bonds is 1. The minimum atomic E-state index is -4.27. The first-order valence-corrected chi connectivity index (χ1v) is 4.43. The van der Waals surface area contributed by atoms with Crippen molar-refractivity contribution in [2.45, 2.75) is 11.8 Å². The Morgan fingerprint density at radius 3 is 1.71 bits per heavy atom. The van der Waals surface area contributed by atoms with Gasteiger partial charge in [0.15, 0.2) is 0 Å². The molecule has 1 aromatic carbocycles. The molecule has 0 spiro atoms. The molecular weight excluding hydrogens is 333 g/mol. The van der Waals surface area contributed by atoms with Gasteiger partial charge in [0, 0.05) is 0 Å². The van der Waals surface area contributed by atoms with Crippen LogP contribution < -0.4 is 0 Å². The van der Waals surface area contributed by atoms with E-state index in [0.29, 0.717) is 0 Å². The van der Waals surface area contributed by atoms with Crippen molar-refractivity contribution in [2.24, 2.45) is 0 Å². The first-order valence-electron chi connectivity index (χ1n) is 3.03. The summed E-state index contributed by atoms with van der Waals surface area (Å²) in [7, 11) is -4.27. The van der Waals surface area contributed by atoms with Crippen molar-refractivity contribution in [2.75, 3.05) is 0 Å². The van der Waals surface area contributed by atoms with Crippen LogP contribution in [0.3, 0.4) is 0 Å². The quantitative estimate of drug-likeness (QED) is 0.428. The molecule has 0 aliphatic carbocycles. The molecule has 3 nitrogen and oxygen atoms in total. The molecule has 0 bridgehead atoms. The summed E-state index contributed by atoms with van der Waals surface area (Å²) in [4.78, 5) is -0.178. The van der Waals surface area contributed by atoms with Crippen molar-refractivity contribution in [3.63, 3.8) is 0 Å². The fraction of sp³-hybridized carbons (Fsp3) is 0.143. The first kappa shape index (κ1) is 20.1. The SMILES string of the molecule is Cc1ccc(S(=O)(=O)[O-])cc1.P.P.[PdH+]. The Labute approximate surface area is 105 Å². The minimum absolute atomic E-state index is 0. The maximum absolute atomic E-state index is 10.4. The molecule has 0 amide bonds. The first-order chi connectivity index (χ1) is 5.00. The van der Waals surface area contributed by atoms with Gasteiger partial charge < -0.3 is 4.55 Å². The van der Waals surface area contributed by atoms with Crippen LogP contribution in [0.15, 0.2) is 29.2 Å². The van der Waals surface area contributed by atoms with Gasteiger partial charge in [0.25, 0.3) is 0 Å². The van der Waals surface area contributed by atoms with E-state index >= 15 is 0 Å². The molecule has 0 aliphatic heterocycles. The van der Waals surface area contributed by atoms with Crippen molar-refractivity contribution >= 4 is 29.9 Å². The van der Waals surface area contributed by atoms with Crippen LogP contribution in [0.5, 0.6) is 0 Å². The van der Waals surface area contributed by atoms with Gasteiger partial charge in [-0.25, -0.2) is 8.42 Å². The van der Waals surface area contributed by atoms with Gasteiger partial charge in [-0.05, 0) is 19.1 Å². The van der Waals surface area contributed by atoms with Crippen LogP contribution in [0.1, 0.15) is 5.56 Å². The molecule has 14 heavy (non-hydrogen) atoms. The topological polar surface area (TPSA) is 57.2 Å². The molecule has 86 valence electrons. The zero-order valence-electron chi connectivity index (χ0n) is 7.69. The summed E-state index contributed by atoms with van der Waals surface area (Å²) in [6.45, 7) is 1.82. The monoisotopic (exact) mass is 346 g/mol. The maximum atomic E-state index is 10.4. The van der Waals surface area contributed by atoms with Crippen LogP contribution in [0.2, 0.25) is 0 Å². The molecule has 0 fully saturated rings. The fourth-order valence-corrected chi connectivity index (χ4v) is 1.17. The van der Waals surface area contributed by atoms with Gasteiger partial charge in [0.05, 0.1) is 4.90 Å². The Morgan fingerprint density at radius 1 is 1.07 bits per heavy atom. The zero-order chi connectivity index (χ0) is 8.48. The molecule has 7 heteroatoms. The Bertz CT molecular complexity index is 350. The number of hydrogen-bond acceptors (Lipinski definition) is 3. The van der Waals surface area contributed by atoms with E-state index in [1.807, 2.05) is 6.92 Å². The van der Waals surface area contributed by atoms with Crippen LogP contribution in [-0.4, -0.2) is 13.0 Å². The van der Waals surface area contributed by atoms with Crippen LogP contribution in [0.4, 0.5) is 0 Å². The summed E-state index contributed by atoms with van der Waals surface area (Å²) in [5, 5.41) is 0. The average Bonchev–Trinajstić information content (AvgIpc) is 1.86. The number of hydrogen-bond donors (Lipinski definition) is 0. The fourth-order valence-electron chi connectivity index (χ4n) is 0.705. The van der Waals surface area contributed by atoms with E-state index in [9.17, 15) is 13.0 Å². The molecule has 0 N–H and O–H groups in total. The van der Waals surface area contributed by atoms with Crippen molar-refractivity contribution in [3.8, 4) is 0 Å². The Morgan fingerprint density at radius 2 is 1.43 bits per heavy atom. The molecule has 2 unspecified atom stereocenters. The van der Waals surface area contributed by atoms with E-state index in [2.05, 4.69) is 0 Å². The van der Waals surface area contributed by atoms with Gasteiger partial charge in [-0.1, -0.05) is 17.7 Å². The van der Waals surface area contributed by atoms with Crippen LogP contribution >= 0.6 is 19.8 Å². The second-order valence-electron chi connectivity index (χ2n) is 2.27. The Balaban J connectivity index is -0.000000403. The third kappa shape index (κ3) is 6.20. The van der Waals surface area contributed by atoms with Crippen LogP contribution in [-0.2, 0) is 30.5 Å². The predicted molar refractivity (Wildman–Crippen MR) is 62.7 cm³/mol. The summed E-state index contributed by atoms with van der Waals surface area (Å²) in [6.07, 6.45) is 0. The molecular formula is C7H14O3P2PdS. The molecule has 2 atom stereocenters. The van der Waals surface area contributed by atoms with Gasteiger partial charge in [0.1, 0.15) is 10.1 Å². The van der Waals surface area contributed by atoms with Gasteiger partial charge in [-0.3, -0.25) is 0 Å². The van der Waals surface area contributed by atoms with E-state index in [-0.39, 0.29) is 45.1 Å². The molecule has 1 radical (unpaired) electrons. The summed E-state index contributed by atoms with van der Waals surface area (Å²) in [5.74, 6) is 0. The van der Waals surface area contributed by atoms with Gasteiger partial charge in [0.2, 0.25) is 0 Å². The molecule has 0 saturated carbocycles. The summed E-state index contributed by atoms with van der Waals surface area (Å²) < 4.78 is 31.2. The van der Waals surface area contributed by atoms with Crippen molar-refractivity contribution in [3.05, 3.63) is 29.8 Å². The van der Waals surface area contributed by atoms with Crippen LogP contribution in [0.25, 0.3) is 0 Å². The van der Waals surface area contributed by atoms with E-state index in [4.69, 9.17) is 0 Å². The molecule has 0 aromatic heterocycles. The second kappa shape index (κ2) is 7.88. The third-order valence-electron chi connectivity index (χ3n) is 1.31. The van der Waals surface area contributed by atoms with E-state index < -0.39 is 10.1 Å². The third-order valence-corrected chi connectivity index (χ3v) is 2.16. The van der Waals surface area contributed by atoms with Crippen molar-refractivity contribution in [1.82, 2.24) is 0 Å². The van der Waals surface area contributed by atoms with E-state index in [1.54, 1.807) is 12.1 Å². The molecule has 1 rings (SSSR count). The summed E-state index contributed by atoms with van der Waals surface area (Å²) >= 11 is 0. The summed E-state index contributed by atoms with van der Waals surface area (Å²) in [6, 6.07) is 5.78. The Kier molecular flexibility index (Phi) is 11.3. The van der Waals surface area contributed by atoms with E-state index in [0.717, 1.165) is 5.56 Å². The van der Waals surface area contributed by atoms with Crippen LogP contribution in [0, 0.1) is 6.92 Å². The van der Waals surface area contributed by atoms with E-state index in [1.165, 1.54) is 12.1 Å². The molecule has 0 aliphatic rings. The number of aryl methyl sites for hydroxylation is 1. The zero-order valence-corrected chi connectivity index (χ0v) is 13.0. The standard InChI is InChI=1S/C7H8O3S.2H3P.Pd.H/c1-6-2-4-7(5-3-6)11(8,9)10;;;;/h2-5H,1H3,(H,8,9,10);2*1H3;;/q;;;+1;/p-1. The summed E-state index contributed by atoms with van der Waals surface area (Å²) in [5.41, 5.74) is 0.928. The number of benzene rings is 1.